The SMILES string of the molecule is COC(=O)C(CN1C(=O)C23CC4CC(CC(C4)C12)C3)NC(=O)c1c(C)nc(NCCCc2cccc(O)c2)nc1C. The number of aryl methyl sites for hydroxylation is 3. The second-order valence-corrected chi connectivity index (χ2v) is 12.5. The Labute approximate surface area is 240 Å². The Morgan fingerprint density at radius 3 is 2.51 bits per heavy atom. The summed E-state index contributed by atoms with van der Waals surface area (Å²) in [6.45, 7) is 4.23. The maximum atomic E-state index is 13.5. The quantitative estimate of drug-likeness (QED) is 0.229. The van der Waals surface area contributed by atoms with Crippen LogP contribution in [0, 0.1) is 37.0 Å². The number of methoxy groups -OCH3 is 1. The zero-order valence-electron chi connectivity index (χ0n) is 24.0. The molecule has 2 amide bonds. The molecule has 4 bridgehead atoms. The number of rotatable bonds is 10. The summed E-state index contributed by atoms with van der Waals surface area (Å²) in [5, 5.41) is 15.7. The number of likely N-dealkylation sites (tertiary alicyclic amines) is 1. The third kappa shape index (κ3) is 4.91. The molecule has 4 unspecified atom stereocenters. The maximum absolute atomic E-state index is 13.5. The van der Waals surface area contributed by atoms with Gasteiger partial charge in [0.25, 0.3) is 5.91 Å². The average molecular weight is 562 g/mol. The van der Waals surface area contributed by atoms with Crippen LogP contribution in [0.1, 0.15) is 65.8 Å². The summed E-state index contributed by atoms with van der Waals surface area (Å²) in [5.41, 5.74) is 2.10. The molecule has 4 saturated carbocycles. The molecule has 10 nitrogen and oxygen atoms in total. The van der Waals surface area contributed by atoms with E-state index in [0.717, 1.165) is 44.1 Å². The van der Waals surface area contributed by atoms with Gasteiger partial charge in [-0.1, -0.05) is 12.1 Å². The molecule has 7 rings (SSSR count). The molecule has 1 aromatic heterocycles. The normalized spacial score (nSPS) is 28.1. The molecule has 0 radical (unpaired) electrons. The van der Waals surface area contributed by atoms with E-state index >= 15 is 0 Å². The van der Waals surface area contributed by atoms with Crippen molar-refractivity contribution >= 4 is 23.7 Å². The Kier molecular flexibility index (Phi) is 7.11. The Hall–Kier alpha value is -3.69. The fourth-order valence-electron chi connectivity index (χ4n) is 8.49. The van der Waals surface area contributed by atoms with Crippen molar-refractivity contribution in [1.82, 2.24) is 20.2 Å². The summed E-state index contributed by atoms with van der Waals surface area (Å²) in [6.07, 6.45) is 7.13. The van der Waals surface area contributed by atoms with Crippen molar-refractivity contribution in [3.05, 3.63) is 46.8 Å². The molecule has 2 aromatic rings. The van der Waals surface area contributed by atoms with Crippen molar-refractivity contribution in [3.63, 3.8) is 0 Å². The molecule has 4 atom stereocenters. The maximum Gasteiger partial charge on any atom is 0.330 e. The molecule has 1 saturated heterocycles. The lowest BCUT2D eigenvalue weighted by molar-refractivity contribution is -0.217. The van der Waals surface area contributed by atoms with Crippen molar-refractivity contribution in [2.45, 2.75) is 70.9 Å². The fraction of sp³-hybridized carbons (Fsp3) is 0.581. The summed E-state index contributed by atoms with van der Waals surface area (Å²) in [4.78, 5) is 50.5. The van der Waals surface area contributed by atoms with Crippen LogP contribution in [-0.4, -0.2) is 70.0 Å². The van der Waals surface area contributed by atoms with Crippen molar-refractivity contribution in [2.75, 3.05) is 25.5 Å². The van der Waals surface area contributed by atoms with Gasteiger partial charge in [-0.25, -0.2) is 14.8 Å². The van der Waals surface area contributed by atoms with Gasteiger partial charge < -0.3 is 25.4 Å². The van der Waals surface area contributed by atoms with E-state index in [-0.39, 0.29) is 29.7 Å². The van der Waals surface area contributed by atoms with E-state index in [4.69, 9.17) is 4.74 Å². The number of esters is 1. The van der Waals surface area contributed by atoms with Gasteiger partial charge in [0.05, 0.1) is 36.0 Å². The van der Waals surface area contributed by atoms with E-state index in [0.29, 0.717) is 47.2 Å². The summed E-state index contributed by atoms with van der Waals surface area (Å²) in [5.74, 6) is 1.60. The Morgan fingerprint density at radius 2 is 1.85 bits per heavy atom. The van der Waals surface area contributed by atoms with Crippen molar-refractivity contribution in [2.24, 2.45) is 23.2 Å². The fourth-order valence-corrected chi connectivity index (χ4v) is 8.49. The van der Waals surface area contributed by atoms with Crippen LogP contribution in [0.15, 0.2) is 24.3 Å². The molecule has 218 valence electrons. The zero-order valence-corrected chi connectivity index (χ0v) is 24.0. The van der Waals surface area contributed by atoms with Gasteiger partial charge in [0, 0.05) is 12.6 Å². The van der Waals surface area contributed by atoms with E-state index in [2.05, 4.69) is 20.6 Å². The molecular formula is C31H39N5O5. The number of benzene rings is 1. The minimum absolute atomic E-state index is 0.118. The van der Waals surface area contributed by atoms with Crippen LogP contribution in [0.5, 0.6) is 5.75 Å². The number of β-lactam (4-membered cyclic amide) rings is 1. The summed E-state index contributed by atoms with van der Waals surface area (Å²) in [6, 6.07) is 6.38. The number of carbonyl (C=O) groups excluding carboxylic acids is 3. The number of nitrogens with zero attached hydrogens (tertiary/aromatic N) is 3. The number of nitrogens with one attached hydrogen (secondary N) is 2. The van der Waals surface area contributed by atoms with Crippen LogP contribution in [0.3, 0.4) is 0 Å². The zero-order chi connectivity index (χ0) is 28.9. The highest BCUT2D eigenvalue weighted by Gasteiger charge is 2.70. The highest BCUT2D eigenvalue weighted by molar-refractivity contribution is 5.99. The smallest absolute Gasteiger partial charge is 0.330 e. The molecule has 3 N–H and O–H groups in total. The topological polar surface area (TPSA) is 134 Å². The molecule has 1 aromatic carbocycles. The second-order valence-electron chi connectivity index (χ2n) is 12.5. The van der Waals surface area contributed by atoms with Gasteiger partial charge in [0.2, 0.25) is 11.9 Å². The standard InChI is InChI=1S/C31H39N5O5/c1-17-25(18(2)34-30(33-17)32-9-5-7-19-6-4-8-23(37)13-19)27(38)35-24(28(39)41-3)16-36-26-22-11-20-10-21(12-22)15-31(26,14-20)29(36)40/h4,6,8,13,20-22,24,26,37H,5,7,9-12,14-16H2,1-3H3,(H,35,38)(H,32,33,34). The van der Waals surface area contributed by atoms with Crippen molar-refractivity contribution < 1.29 is 24.2 Å². The summed E-state index contributed by atoms with van der Waals surface area (Å²) >= 11 is 0. The minimum atomic E-state index is -0.972. The van der Waals surface area contributed by atoms with Gasteiger partial charge in [0.15, 0.2) is 0 Å². The number of phenolic OH excluding ortho intramolecular Hbond substituents is 1. The molecule has 1 aliphatic heterocycles. The lowest BCUT2D eigenvalue weighted by Crippen LogP contribution is -2.78. The first kappa shape index (κ1) is 27.5. The lowest BCUT2D eigenvalue weighted by atomic mass is 9.43. The van der Waals surface area contributed by atoms with Gasteiger partial charge >= 0.3 is 5.97 Å². The van der Waals surface area contributed by atoms with Gasteiger partial charge in [-0.05, 0) is 94.2 Å². The number of anilines is 1. The van der Waals surface area contributed by atoms with Crippen LogP contribution in [0.25, 0.3) is 0 Å². The first-order chi connectivity index (χ1) is 19.7. The van der Waals surface area contributed by atoms with Gasteiger partial charge in [-0.2, -0.15) is 0 Å². The van der Waals surface area contributed by atoms with Gasteiger partial charge in [0.1, 0.15) is 11.8 Å². The highest BCUT2D eigenvalue weighted by atomic mass is 16.5. The van der Waals surface area contributed by atoms with E-state index in [1.54, 1.807) is 26.0 Å². The number of ether oxygens (including phenoxy) is 1. The molecule has 10 heteroatoms. The minimum Gasteiger partial charge on any atom is -0.508 e. The predicted octanol–water partition coefficient (Wildman–Crippen LogP) is 3.15. The first-order valence-electron chi connectivity index (χ1n) is 14.7. The monoisotopic (exact) mass is 561 g/mol. The molecule has 1 spiro atoms. The number of aromatic hydroxyl groups is 1. The van der Waals surface area contributed by atoms with Gasteiger partial charge in [-0.3, -0.25) is 9.59 Å². The van der Waals surface area contributed by atoms with Crippen LogP contribution in [-0.2, 0) is 20.7 Å². The number of phenols is 1. The summed E-state index contributed by atoms with van der Waals surface area (Å²) in [7, 11) is 1.30. The van der Waals surface area contributed by atoms with Crippen LogP contribution in [0.2, 0.25) is 0 Å². The Balaban J connectivity index is 1.09. The van der Waals surface area contributed by atoms with Gasteiger partial charge in [-0.15, -0.1) is 0 Å². The number of hydrogen-bond donors (Lipinski definition) is 3. The second kappa shape index (κ2) is 10.6. The van der Waals surface area contributed by atoms with Crippen molar-refractivity contribution in [1.29, 1.82) is 0 Å². The number of aromatic nitrogens is 2. The lowest BCUT2D eigenvalue weighted by Gasteiger charge is -2.69. The average Bonchev–Trinajstić information content (AvgIpc) is 2.92. The molecule has 41 heavy (non-hydrogen) atoms. The summed E-state index contributed by atoms with van der Waals surface area (Å²) < 4.78 is 5.03. The van der Waals surface area contributed by atoms with Crippen LogP contribution >= 0.6 is 0 Å². The van der Waals surface area contributed by atoms with Crippen LogP contribution < -0.4 is 10.6 Å². The predicted molar refractivity (Wildman–Crippen MR) is 151 cm³/mol. The molecule has 5 fully saturated rings. The first-order valence-corrected chi connectivity index (χ1v) is 14.7. The molecule has 2 heterocycles. The Bertz CT molecular complexity index is 1340. The highest BCUT2D eigenvalue weighted by Crippen LogP contribution is 2.66. The molecular weight excluding hydrogens is 522 g/mol. The van der Waals surface area contributed by atoms with E-state index in [9.17, 15) is 19.5 Å². The number of carbonyl (C=O) groups is 3. The van der Waals surface area contributed by atoms with Crippen molar-refractivity contribution in [3.8, 4) is 5.75 Å². The Morgan fingerprint density at radius 1 is 1.15 bits per heavy atom. The van der Waals surface area contributed by atoms with E-state index in [1.165, 1.54) is 13.5 Å². The number of amides is 2. The third-order valence-corrected chi connectivity index (χ3v) is 9.78. The van der Waals surface area contributed by atoms with Crippen LogP contribution in [0.4, 0.5) is 5.95 Å². The largest absolute Gasteiger partial charge is 0.508 e. The van der Waals surface area contributed by atoms with E-state index < -0.39 is 17.9 Å². The van der Waals surface area contributed by atoms with E-state index in [1.807, 2.05) is 17.0 Å². The molecule has 5 aliphatic rings. The third-order valence-electron chi connectivity index (χ3n) is 9.78. The number of hydrogen-bond acceptors (Lipinski definition) is 8. The molecule has 4 aliphatic carbocycles.